The van der Waals surface area contributed by atoms with Gasteiger partial charge in [0.2, 0.25) is 0 Å². The molecule has 170 valence electrons. The Morgan fingerprint density at radius 3 is 3.00 bits per heavy atom. The maximum Gasteiger partial charge on any atom is 0.193 e. The lowest BCUT2D eigenvalue weighted by molar-refractivity contribution is -0.200. The molecule has 0 amide bonds. The summed E-state index contributed by atoms with van der Waals surface area (Å²) < 4.78 is 100. The number of aliphatic hydroxyl groups is 2. The minimum absolute atomic E-state index is 0.0563. The standard InChI is InChI=1S/C25H34O6/c1-4-5-21-30-20-11-17-16-7-6-14-10-15(27)8-9-23(14,2)22(16)18(28)12-24(17,3)25(20,31-21)19(29)13-26/h8-10,16-18,20-22,26,28H,4-7,11-13H2,1-3H3/t16-,17-,18-,20+,21?,22+,23-,24-,25+/m0/s1/i1D3,4D2,5D2,9D,10D,13D2. The molecule has 1 heterocycles. The molecule has 6 nitrogen and oxygen atoms in total. The Kier molecular flexibility index (Phi) is 2.79. The summed E-state index contributed by atoms with van der Waals surface area (Å²) in [5.74, 6) is -3.82. The molecule has 1 unspecified atom stereocenters. The zero-order chi connectivity index (χ0) is 31.8. The molecule has 0 aromatic rings. The summed E-state index contributed by atoms with van der Waals surface area (Å²) in [6.07, 6.45) is -10.5. The average Bonchev–Trinajstić information content (AvgIpc) is 3.34. The lowest BCUT2D eigenvalue weighted by Gasteiger charge is -2.59. The summed E-state index contributed by atoms with van der Waals surface area (Å²) >= 11 is 0. The lowest BCUT2D eigenvalue weighted by Crippen LogP contribution is -2.63. The van der Waals surface area contributed by atoms with E-state index in [0.717, 1.165) is 6.08 Å². The van der Waals surface area contributed by atoms with Gasteiger partial charge in [0.1, 0.15) is 6.56 Å². The number of aliphatic hydroxyl groups excluding tert-OH is 1. The predicted octanol–water partition coefficient (Wildman–Crippen LogP) is 2.72. The van der Waals surface area contributed by atoms with Gasteiger partial charge in [0, 0.05) is 26.3 Å². The first-order valence-electron chi connectivity index (χ1n) is 16.1. The highest BCUT2D eigenvalue weighted by molar-refractivity contribution is 6.01. The number of hydrogen-bond acceptors (Lipinski definition) is 6. The predicted molar refractivity (Wildman–Crippen MR) is 113 cm³/mol. The van der Waals surface area contributed by atoms with Crippen LogP contribution in [0.15, 0.2) is 23.8 Å². The van der Waals surface area contributed by atoms with Crippen LogP contribution in [0.3, 0.4) is 0 Å². The van der Waals surface area contributed by atoms with Crippen molar-refractivity contribution in [2.75, 3.05) is 6.56 Å². The van der Waals surface area contributed by atoms with Gasteiger partial charge in [0.15, 0.2) is 23.5 Å². The van der Waals surface area contributed by atoms with Crippen LogP contribution in [0, 0.1) is 28.6 Å². The molecule has 4 aliphatic carbocycles. The summed E-state index contributed by atoms with van der Waals surface area (Å²) in [7, 11) is 0. The molecule has 2 N–H and O–H groups in total. The molecule has 5 aliphatic rings. The molecule has 0 spiro atoms. The first-order valence-corrected chi connectivity index (χ1v) is 10.6. The number of fused-ring (bicyclic) bond motifs is 7. The van der Waals surface area contributed by atoms with E-state index in [4.69, 9.17) is 24.6 Å². The van der Waals surface area contributed by atoms with E-state index in [9.17, 15) is 19.8 Å². The zero-order valence-electron chi connectivity index (χ0n) is 28.4. The van der Waals surface area contributed by atoms with Crippen molar-refractivity contribution in [1.82, 2.24) is 0 Å². The molecule has 0 aromatic heterocycles. The van der Waals surface area contributed by atoms with Gasteiger partial charge in [-0.1, -0.05) is 38.7 Å². The highest BCUT2D eigenvalue weighted by Gasteiger charge is 2.75. The SMILES string of the molecule is [2H]C1=CC(=O)C([2H])=C2CC[C@@H]3[C@H]([C@@H](O)C[C@@]4(C)[C@H]3C[C@H]3OC(C([2H])([2H])C([2H])([2H])C([2H])([2H])[2H])O[C@]34C(=O)C([2H])([2H])O)[C@@]12C. The summed E-state index contributed by atoms with van der Waals surface area (Å²) in [4.78, 5) is 26.1. The van der Waals surface area contributed by atoms with E-state index in [2.05, 4.69) is 0 Å². The van der Waals surface area contributed by atoms with Crippen LogP contribution in [0.4, 0.5) is 0 Å². The number of carbonyl (C=O) groups excluding carboxylic acids is 2. The van der Waals surface area contributed by atoms with Crippen LogP contribution in [0.1, 0.15) is 74.2 Å². The molecule has 4 fully saturated rings. The van der Waals surface area contributed by atoms with Gasteiger partial charge in [-0.05, 0) is 56.0 Å². The highest BCUT2D eigenvalue weighted by Crippen LogP contribution is 2.69. The van der Waals surface area contributed by atoms with Crippen LogP contribution in [0.25, 0.3) is 0 Å². The van der Waals surface area contributed by atoms with Crippen molar-refractivity contribution in [3.05, 3.63) is 23.8 Å². The summed E-state index contributed by atoms with van der Waals surface area (Å²) in [5.41, 5.74) is -4.68. The smallest absolute Gasteiger partial charge is 0.193 e. The molecule has 9 atom stereocenters. The van der Waals surface area contributed by atoms with Gasteiger partial charge in [-0.3, -0.25) is 9.59 Å². The third kappa shape index (κ3) is 2.65. The molecule has 0 radical (unpaired) electrons. The number of carbonyl (C=O) groups is 2. The van der Waals surface area contributed by atoms with Crippen molar-refractivity contribution >= 4 is 11.6 Å². The number of hydrogen-bond donors (Lipinski definition) is 2. The zero-order valence-corrected chi connectivity index (χ0v) is 17.4. The number of ether oxygens (including phenoxy) is 2. The molecule has 0 bridgehead atoms. The van der Waals surface area contributed by atoms with Gasteiger partial charge in [0.05, 0.1) is 17.7 Å². The molecule has 6 heteroatoms. The molecule has 5 rings (SSSR count). The second kappa shape index (κ2) is 7.08. The van der Waals surface area contributed by atoms with Crippen LogP contribution in [0.2, 0.25) is 0 Å². The fraction of sp³-hybridized carbons (Fsp3) is 0.760. The van der Waals surface area contributed by atoms with Gasteiger partial charge in [-0.2, -0.15) is 0 Å². The Balaban J connectivity index is 1.61. The molecular weight excluding hydrogens is 396 g/mol. The largest absolute Gasteiger partial charge is 0.393 e. The minimum atomic E-state index is -3.52. The topological polar surface area (TPSA) is 93.1 Å². The maximum absolute atomic E-state index is 13.8. The Labute approximate surface area is 199 Å². The summed E-state index contributed by atoms with van der Waals surface area (Å²) in [5, 5.41) is 22.0. The van der Waals surface area contributed by atoms with Crippen LogP contribution >= 0.6 is 0 Å². The highest BCUT2D eigenvalue weighted by atomic mass is 16.7. The Bertz CT molecular complexity index is 1290. The molecule has 0 aromatic carbocycles. The Morgan fingerprint density at radius 1 is 1.45 bits per heavy atom. The van der Waals surface area contributed by atoms with Crippen molar-refractivity contribution in [1.29, 1.82) is 0 Å². The summed E-state index contributed by atoms with van der Waals surface area (Å²) in [6.45, 7) is -3.75. The van der Waals surface area contributed by atoms with Gasteiger partial charge in [-0.25, -0.2) is 0 Å². The molecule has 31 heavy (non-hydrogen) atoms. The van der Waals surface area contributed by atoms with Crippen molar-refractivity contribution in [3.63, 3.8) is 0 Å². The van der Waals surface area contributed by atoms with Crippen molar-refractivity contribution < 1.29 is 44.4 Å². The normalized spacial score (nSPS) is 58.0. The number of rotatable bonds is 4. The first-order chi connectivity index (χ1) is 18.9. The van der Waals surface area contributed by atoms with Gasteiger partial charge in [0.25, 0.3) is 0 Å². The van der Waals surface area contributed by atoms with Crippen LogP contribution in [-0.4, -0.2) is 52.4 Å². The van der Waals surface area contributed by atoms with E-state index in [0.29, 0.717) is 12.0 Å². The third-order valence-electron chi connectivity index (χ3n) is 8.62. The molecular formula is C25H34O6. The van der Waals surface area contributed by atoms with Crippen LogP contribution in [0.5, 0.6) is 0 Å². The number of ketones is 2. The van der Waals surface area contributed by atoms with E-state index in [-0.39, 0.29) is 31.4 Å². The fourth-order valence-electron chi connectivity index (χ4n) is 7.46. The van der Waals surface area contributed by atoms with Crippen molar-refractivity contribution in [2.45, 2.75) is 83.2 Å². The molecule has 1 aliphatic heterocycles. The Morgan fingerprint density at radius 2 is 2.26 bits per heavy atom. The van der Waals surface area contributed by atoms with E-state index in [1.54, 1.807) is 6.92 Å². The second-order valence-corrected chi connectivity index (χ2v) is 9.74. The van der Waals surface area contributed by atoms with Crippen LogP contribution in [-0.2, 0) is 19.1 Å². The summed E-state index contributed by atoms with van der Waals surface area (Å²) in [6, 6.07) is -0.282. The van der Waals surface area contributed by atoms with E-state index < -0.39 is 90.4 Å². The lowest BCUT2D eigenvalue weighted by atomic mass is 9.46. The second-order valence-electron chi connectivity index (χ2n) is 9.74. The van der Waals surface area contributed by atoms with Crippen LogP contribution < -0.4 is 0 Å². The quantitative estimate of drug-likeness (QED) is 0.697. The van der Waals surface area contributed by atoms with Gasteiger partial charge < -0.3 is 19.7 Å². The fourth-order valence-corrected chi connectivity index (χ4v) is 7.46. The maximum atomic E-state index is 13.8. The van der Waals surface area contributed by atoms with Gasteiger partial charge >= 0.3 is 0 Å². The molecule has 3 saturated carbocycles. The monoisotopic (exact) mass is 441 g/mol. The van der Waals surface area contributed by atoms with Crippen molar-refractivity contribution in [2.24, 2.45) is 28.6 Å². The van der Waals surface area contributed by atoms with E-state index in [1.807, 2.05) is 0 Å². The van der Waals surface area contributed by atoms with Gasteiger partial charge in [-0.15, -0.1) is 0 Å². The Hall–Kier alpha value is -1.34. The molecule has 1 saturated heterocycles. The third-order valence-corrected chi connectivity index (χ3v) is 8.62. The average molecular weight is 442 g/mol. The van der Waals surface area contributed by atoms with Crippen molar-refractivity contribution in [3.8, 4) is 0 Å². The number of allylic oxidation sites excluding steroid dienone is 4. The first kappa shape index (κ1) is 12.2. The minimum Gasteiger partial charge on any atom is -0.393 e. The number of Topliss-reactive ketones (excluding diaryl/α,β-unsaturated/α-hetero) is 1. The van der Waals surface area contributed by atoms with E-state index in [1.165, 1.54) is 6.92 Å². The van der Waals surface area contributed by atoms with E-state index >= 15 is 0 Å².